The summed E-state index contributed by atoms with van der Waals surface area (Å²) < 4.78 is 36.4. The van der Waals surface area contributed by atoms with Gasteiger partial charge >= 0.3 is 45.8 Å². The first-order chi connectivity index (χ1) is 14.2. The monoisotopic (exact) mass is 479 g/mol. The number of hydrogen-bond acceptors (Lipinski definition) is 5. The number of aromatic nitrogens is 2. The van der Waals surface area contributed by atoms with E-state index in [4.69, 9.17) is 16.3 Å². The molecule has 0 spiro atoms. The number of halogens is 1. The van der Waals surface area contributed by atoms with E-state index in [1.54, 1.807) is 31.4 Å². The Morgan fingerprint density at radius 1 is 1.29 bits per heavy atom. The molecule has 1 saturated heterocycles. The van der Waals surface area contributed by atoms with Crippen LogP contribution in [0.4, 0.5) is 16.2 Å². The fraction of sp³-hybridized carbons (Fsp3) is 0.474. The second-order valence-electron chi connectivity index (χ2n) is 7.50. The van der Waals surface area contributed by atoms with E-state index < -0.39 is 16.2 Å². The molecule has 0 saturated carbocycles. The van der Waals surface area contributed by atoms with E-state index in [-0.39, 0.29) is 41.5 Å². The van der Waals surface area contributed by atoms with Crippen molar-refractivity contribution in [2.75, 3.05) is 22.8 Å². The summed E-state index contributed by atoms with van der Waals surface area (Å²) in [6.45, 7) is 4.90. The van der Waals surface area contributed by atoms with Gasteiger partial charge in [0.25, 0.3) is 0 Å². The van der Waals surface area contributed by atoms with Crippen molar-refractivity contribution < 1.29 is 17.9 Å². The van der Waals surface area contributed by atoms with Gasteiger partial charge in [-0.05, 0) is 42.5 Å². The number of hydrogen-bond donors (Lipinski definition) is 2. The number of carbonyl (C=O) groups excluding carboxylic acids is 1. The van der Waals surface area contributed by atoms with Gasteiger partial charge in [0.05, 0.1) is 17.9 Å². The summed E-state index contributed by atoms with van der Waals surface area (Å²) in [5.41, 5.74) is 1.73. The predicted molar refractivity (Wildman–Crippen MR) is 123 cm³/mol. The molecule has 1 aliphatic rings. The van der Waals surface area contributed by atoms with Gasteiger partial charge in [0, 0.05) is 37.2 Å². The number of carbonyl (C=O) groups is 1. The second-order valence-corrected chi connectivity index (χ2v) is 9.48. The molecule has 2 aromatic rings. The van der Waals surface area contributed by atoms with Crippen molar-refractivity contribution in [1.82, 2.24) is 14.5 Å². The number of amides is 2. The minimum absolute atomic E-state index is 0. The number of ether oxygens (including phenoxy) is 1. The van der Waals surface area contributed by atoms with Crippen LogP contribution in [-0.2, 0) is 22.0 Å². The third kappa shape index (κ3) is 6.84. The molecule has 3 rings (SSSR count). The topological polar surface area (TPSA) is 106 Å². The number of nitrogens with zero attached hydrogens (tertiary/aromatic N) is 3. The zero-order chi connectivity index (χ0) is 21.9. The molecule has 0 atom stereocenters. The Bertz CT molecular complexity index is 1010. The van der Waals surface area contributed by atoms with E-state index in [9.17, 15) is 13.2 Å². The molecular formula is C19H27ClN5NaO4S. The fourth-order valence-corrected chi connectivity index (χ4v) is 4.93. The Morgan fingerprint density at radius 2 is 1.97 bits per heavy atom. The third-order valence-electron chi connectivity index (χ3n) is 4.79. The molecule has 2 N–H and O–H groups in total. The van der Waals surface area contributed by atoms with Gasteiger partial charge in [-0.1, -0.05) is 25.4 Å². The molecule has 0 unspecified atom stereocenters. The van der Waals surface area contributed by atoms with Crippen molar-refractivity contribution in [1.29, 1.82) is 0 Å². The van der Waals surface area contributed by atoms with E-state index in [1.807, 2.05) is 13.8 Å². The molecule has 0 aliphatic carbocycles. The first kappa shape index (κ1) is 26.0. The van der Waals surface area contributed by atoms with E-state index in [2.05, 4.69) is 15.1 Å². The predicted octanol–water partition coefficient (Wildman–Crippen LogP) is 2.60. The SMILES string of the molecule is CC(C)c1cc(Cl)cc(NC(=O)NS(=O)(=O)N(c2cnn(C)c2)C2CCOCC2)c1.[NaH]. The second kappa shape index (κ2) is 11.0. The summed E-state index contributed by atoms with van der Waals surface area (Å²) in [4.78, 5) is 12.5. The summed E-state index contributed by atoms with van der Waals surface area (Å²) in [5.74, 6) is 0.200. The Morgan fingerprint density at radius 3 is 2.55 bits per heavy atom. The Labute approximate surface area is 209 Å². The van der Waals surface area contributed by atoms with Crippen LogP contribution in [0.1, 0.15) is 38.2 Å². The summed E-state index contributed by atoms with van der Waals surface area (Å²) in [5, 5.41) is 7.08. The summed E-state index contributed by atoms with van der Waals surface area (Å²) in [6.07, 6.45) is 4.09. The Hall–Kier alpha value is -1.30. The van der Waals surface area contributed by atoms with Gasteiger partial charge in [-0.3, -0.25) is 4.68 Å². The molecule has 9 nitrogen and oxygen atoms in total. The van der Waals surface area contributed by atoms with Crippen molar-refractivity contribution in [3.8, 4) is 0 Å². The van der Waals surface area contributed by atoms with Gasteiger partial charge in [0.15, 0.2) is 0 Å². The van der Waals surface area contributed by atoms with Crippen molar-refractivity contribution in [3.05, 3.63) is 41.2 Å². The van der Waals surface area contributed by atoms with Crippen LogP contribution in [0.2, 0.25) is 5.02 Å². The molecule has 0 bridgehead atoms. The van der Waals surface area contributed by atoms with E-state index in [1.165, 1.54) is 15.2 Å². The molecule has 0 radical (unpaired) electrons. The molecule has 12 heteroatoms. The average molecular weight is 480 g/mol. The van der Waals surface area contributed by atoms with Gasteiger partial charge in [-0.15, -0.1) is 0 Å². The van der Waals surface area contributed by atoms with E-state index in [0.717, 1.165) is 5.56 Å². The van der Waals surface area contributed by atoms with E-state index in [0.29, 0.717) is 42.5 Å². The van der Waals surface area contributed by atoms with Crippen LogP contribution in [0.5, 0.6) is 0 Å². The van der Waals surface area contributed by atoms with Crippen LogP contribution in [0.15, 0.2) is 30.6 Å². The van der Waals surface area contributed by atoms with Crippen molar-refractivity contribution in [3.63, 3.8) is 0 Å². The van der Waals surface area contributed by atoms with Gasteiger partial charge in [-0.2, -0.15) is 13.5 Å². The number of rotatable bonds is 6. The van der Waals surface area contributed by atoms with Crippen molar-refractivity contribution in [2.24, 2.45) is 7.05 Å². The molecular weight excluding hydrogens is 453 g/mol. The molecule has 1 aliphatic heterocycles. The van der Waals surface area contributed by atoms with E-state index >= 15 is 0 Å². The molecule has 2 amide bonds. The molecule has 1 aromatic carbocycles. The van der Waals surface area contributed by atoms with Crippen LogP contribution in [0.25, 0.3) is 0 Å². The van der Waals surface area contributed by atoms with Crippen LogP contribution in [0.3, 0.4) is 0 Å². The first-order valence-electron chi connectivity index (χ1n) is 9.66. The number of nitrogens with one attached hydrogen (secondary N) is 2. The summed E-state index contributed by atoms with van der Waals surface area (Å²) >= 11 is 6.13. The molecule has 2 heterocycles. The zero-order valence-electron chi connectivity index (χ0n) is 17.1. The number of urea groups is 1. The van der Waals surface area contributed by atoms with Crippen molar-refractivity contribution in [2.45, 2.75) is 38.6 Å². The number of anilines is 2. The quantitative estimate of drug-likeness (QED) is 0.619. The van der Waals surface area contributed by atoms with Gasteiger partial charge in [-0.25, -0.2) is 13.8 Å². The standard InChI is InChI=1S/C19H26ClN5O4S.Na.H/c1-13(2)14-8-15(20)10-16(9-14)22-19(26)23-30(27,28)25(17-4-6-29-7-5-17)18-11-21-24(3)12-18;;/h8-13,17H,4-7H2,1-3H3,(H2,22,23,26);;. The Balaban J connectivity index is 0.00000341. The molecule has 1 aromatic heterocycles. The minimum atomic E-state index is -4.19. The third-order valence-corrected chi connectivity index (χ3v) is 6.48. The summed E-state index contributed by atoms with van der Waals surface area (Å²) in [6, 6.07) is 3.93. The molecule has 31 heavy (non-hydrogen) atoms. The van der Waals surface area contributed by atoms with Gasteiger partial charge < -0.3 is 10.1 Å². The maximum atomic E-state index is 13.1. The zero-order valence-corrected chi connectivity index (χ0v) is 18.7. The van der Waals surface area contributed by atoms with Crippen LogP contribution in [-0.4, -0.2) is 73.0 Å². The summed E-state index contributed by atoms with van der Waals surface area (Å²) in [7, 11) is -2.49. The fourth-order valence-electron chi connectivity index (χ4n) is 3.33. The van der Waals surface area contributed by atoms with Gasteiger partial charge in [0.2, 0.25) is 0 Å². The molecule has 166 valence electrons. The Kier molecular flexibility index (Phi) is 9.23. The average Bonchev–Trinajstić information content (AvgIpc) is 3.06. The number of benzene rings is 1. The van der Waals surface area contributed by atoms with Gasteiger partial charge in [0.1, 0.15) is 0 Å². The van der Waals surface area contributed by atoms with Crippen LogP contribution >= 0.6 is 11.6 Å². The number of aryl methyl sites for hydroxylation is 1. The maximum absolute atomic E-state index is 13.1. The normalized spacial score (nSPS) is 14.7. The van der Waals surface area contributed by atoms with Crippen LogP contribution < -0.4 is 14.3 Å². The van der Waals surface area contributed by atoms with Crippen LogP contribution in [0, 0.1) is 0 Å². The van der Waals surface area contributed by atoms with Crippen molar-refractivity contribution >= 4 is 68.8 Å². The first-order valence-corrected chi connectivity index (χ1v) is 11.5. The molecule has 1 fully saturated rings.